The lowest BCUT2D eigenvalue weighted by atomic mass is 10.2. The van der Waals surface area contributed by atoms with E-state index in [1.807, 2.05) is 6.07 Å². The summed E-state index contributed by atoms with van der Waals surface area (Å²) in [5.74, 6) is 0.942. The van der Waals surface area contributed by atoms with Gasteiger partial charge in [0.25, 0.3) is 0 Å². The molecule has 2 aromatic heterocycles. The number of hydrogen-bond donors (Lipinski definition) is 1. The molecule has 2 aromatic rings. The molecule has 0 bridgehead atoms. The lowest BCUT2D eigenvalue weighted by molar-refractivity contribution is 0.456. The molecule has 1 aliphatic rings. The smallest absolute Gasteiger partial charge is 0.172 e. The Morgan fingerprint density at radius 2 is 2.44 bits per heavy atom. The van der Waals surface area contributed by atoms with Crippen LogP contribution < -0.4 is 10.6 Å². The summed E-state index contributed by atoms with van der Waals surface area (Å²) in [7, 11) is 0. The fraction of sp³-hybridized carbons (Fsp3) is 0.455. The van der Waals surface area contributed by atoms with Crippen LogP contribution in [-0.4, -0.2) is 29.3 Å². The molecule has 2 N–H and O–H groups in total. The van der Waals surface area contributed by atoms with E-state index in [1.165, 1.54) is 6.42 Å². The Balaban J connectivity index is 1.98. The highest BCUT2D eigenvalue weighted by molar-refractivity contribution is 5.77. The summed E-state index contributed by atoms with van der Waals surface area (Å²) >= 11 is 0. The molecule has 5 nitrogen and oxygen atoms in total. The highest BCUT2D eigenvalue weighted by Gasteiger charge is 2.24. The maximum Gasteiger partial charge on any atom is 0.172 e. The number of nitrogens with zero attached hydrogens (tertiary/aromatic N) is 3. The van der Waals surface area contributed by atoms with E-state index >= 15 is 0 Å². The number of pyridine rings is 1. The molecule has 0 aliphatic carbocycles. The van der Waals surface area contributed by atoms with E-state index in [0.717, 1.165) is 29.8 Å². The van der Waals surface area contributed by atoms with E-state index in [9.17, 15) is 0 Å². The van der Waals surface area contributed by atoms with Crippen LogP contribution in [0.1, 0.15) is 12.8 Å². The van der Waals surface area contributed by atoms with E-state index in [1.54, 1.807) is 12.4 Å². The molecule has 1 atom stereocenters. The first-order valence-electron chi connectivity index (χ1n) is 5.55. The molecule has 3 rings (SSSR count). The maximum absolute atomic E-state index is 5.75. The van der Waals surface area contributed by atoms with Crippen LogP contribution >= 0.6 is 0 Å². The molecule has 0 saturated carbocycles. The molecule has 0 amide bonds. The van der Waals surface area contributed by atoms with Gasteiger partial charge in [-0.15, -0.1) is 0 Å². The molecule has 5 heteroatoms. The van der Waals surface area contributed by atoms with Gasteiger partial charge in [0.15, 0.2) is 5.58 Å². The summed E-state index contributed by atoms with van der Waals surface area (Å²) in [6.07, 6.45) is 5.80. The van der Waals surface area contributed by atoms with Crippen molar-refractivity contribution >= 4 is 16.8 Å². The number of anilines is 1. The van der Waals surface area contributed by atoms with E-state index in [-0.39, 0.29) is 0 Å². The van der Waals surface area contributed by atoms with Crippen LogP contribution in [0.4, 0.5) is 5.82 Å². The zero-order chi connectivity index (χ0) is 11.0. The molecular weight excluding hydrogens is 204 g/mol. The minimum Gasteiger partial charge on any atom is -0.356 e. The fourth-order valence-corrected chi connectivity index (χ4v) is 2.29. The van der Waals surface area contributed by atoms with Gasteiger partial charge < -0.3 is 15.2 Å². The monoisotopic (exact) mass is 218 g/mol. The molecule has 16 heavy (non-hydrogen) atoms. The average molecular weight is 218 g/mol. The number of hydrogen-bond acceptors (Lipinski definition) is 5. The number of rotatable bonds is 2. The van der Waals surface area contributed by atoms with Gasteiger partial charge in [-0.25, -0.2) is 4.98 Å². The highest BCUT2D eigenvalue weighted by Crippen LogP contribution is 2.25. The number of nitrogens with two attached hydrogens (primary N) is 1. The van der Waals surface area contributed by atoms with Gasteiger partial charge in [0.2, 0.25) is 0 Å². The molecule has 0 aromatic carbocycles. The van der Waals surface area contributed by atoms with Crippen molar-refractivity contribution in [3.63, 3.8) is 0 Å². The van der Waals surface area contributed by atoms with Crippen molar-refractivity contribution in [3.8, 4) is 0 Å². The summed E-state index contributed by atoms with van der Waals surface area (Å²) in [6, 6.07) is 2.35. The zero-order valence-corrected chi connectivity index (χ0v) is 8.97. The van der Waals surface area contributed by atoms with Gasteiger partial charge in [-0.3, -0.25) is 0 Å². The Morgan fingerprint density at radius 3 is 3.31 bits per heavy atom. The molecule has 1 aliphatic heterocycles. The van der Waals surface area contributed by atoms with Crippen LogP contribution in [0.3, 0.4) is 0 Å². The highest BCUT2D eigenvalue weighted by atomic mass is 16.5. The van der Waals surface area contributed by atoms with E-state index < -0.39 is 0 Å². The maximum atomic E-state index is 5.75. The SMILES string of the molecule is NCC1CCCN1c1cc2oncc2cn1. The zero-order valence-electron chi connectivity index (χ0n) is 8.97. The van der Waals surface area contributed by atoms with Gasteiger partial charge in [0, 0.05) is 31.4 Å². The Bertz CT molecular complexity index is 495. The third kappa shape index (κ3) is 1.44. The van der Waals surface area contributed by atoms with Crippen LogP contribution in [0.15, 0.2) is 23.0 Å². The molecule has 0 spiro atoms. The largest absolute Gasteiger partial charge is 0.356 e. The fourth-order valence-electron chi connectivity index (χ4n) is 2.29. The third-order valence-electron chi connectivity index (χ3n) is 3.17. The minimum absolute atomic E-state index is 0.410. The molecule has 3 heterocycles. The van der Waals surface area contributed by atoms with Gasteiger partial charge in [-0.05, 0) is 12.8 Å². The van der Waals surface area contributed by atoms with E-state index in [4.69, 9.17) is 10.3 Å². The molecule has 1 saturated heterocycles. The number of aromatic nitrogens is 2. The molecule has 0 radical (unpaired) electrons. The van der Waals surface area contributed by atoms with Gasteiger partial charge in [0.1, 0.15) is 5.82 Å². The summed E-state index contributed by atoms with van der Waals surface area (Å²) < 4.78 is 5.14. The average Bonchev–Trinajstić information content (AvgIpc) is 2.96. The van der Waals surface area contributed by atoms with Crippen LogP contribution in [0.2, 0.25) is 0 Å². The number of fused-ring (bicyclic) bond motifs is 1. The van der Waals surface area contributed by atoms with Gasteiger partial charge in [-0.2, -0.15) is 0 Å². The second-order valence-corrected chi connectivity index (χ2v) is 4.13. The molecular formula is C11H14N4O. The van der Waals surface area contributed by atoms with Crippen LogP contribution in [0, 0.1) is 0 Å². The first-order valence-corrected chi connectivity index (χ1v) is 5.55. The van der Waals surface area contributed by atoms with Gasteiger partial charge in [0.05, 0.1) is 11.6 Å². The Morgan fingerprint density at radius 1 is 1.50 bits per heavy atom. The minimum atomic E-state index is 0.410. The lowest BCUT2D eigenvalue weighted by Gasteiger charge is -2.24. The summed E-state index contributed by atoms with van der Waals surface area (Å²) in [5.41, 5.74) is 6.53. The Kier molecular flexibility index (Phi) is 2.25. The van der Waals surface area contributed by atoms with Crippen molar-refractivity contribution in [1.29, 1.82) is 0 Å². The molecule has 84 valence electrons. The summed E-state index contributed by atoms with van der Waals surface area (Å²) in [6.45, 7) is 1.70. The quantitative estimate of drug-likeness (QED) is 0.819. The standard InChI is InChI=1S/C11H14N4O/c12-5-9-2-1-3-15(9)11-4-10-8(6-13-11)7-14-16-10/h4,6-7,9H,1-3,5,12H2. The predicted molar refractivity (Wildman–Crippen MR) is 61.2 cm³/mol. The Hall–Kier alpha value is -1.62. The summed E-state index contributed by atoms with van der Waals surface area (Å²) in [5, 5.41) is 4.69. The van der Waals surface area contributed by atoms with Crippen molar-refractivity contribution < 1.29 is 4.52 Å². The van der Waals surface area contributed by atoms with Crippen molar-refractivity contribution in [2.24, 2.45) is 5.73 Å². The predicted octanol–water partition coefficient (Wildman–Crippen LogP) is 1.15. The summed E-state index contributed by atoms with van der Waals surface area (Å²) in [4.78, 5) is 6.68. The van der Waals surface area contributed by atoms with Crippen LogP contribution in [-0.2, 0) is 0 Å². The van der Waals surface area contributed by atoms with Crippen molar-refractivity contribution in [1.82, 2.24) is 10.1 Å². The lowest BCUT2D eigenvalue weighted by Crippen LogP contribution is -2.35. The second-order valence-electron chi connectivity index (χ2n) is 4.13. The van der Waals surface area contributed by atoms with E-state index in [0.29, 0.717) is 12.6 Å². The first kappa shape index (κ1) is 9.59. The van der Waals surface area contributed by atoms with Crippen molar-refractivity contribution in [2.45, 2.75) is 18.9 Å². The third-order valence-corrected chi connectivity index (χ3v) is 3.17. The topological polar surface area (TPSA) is 68.2 Å². The van der Waals surface area contributed by atoms with Gasteiger partial charge in [-0.1, -0.05) is 5.16 Å². The Labute approximate surface area is 93.2 Å². The van der Waals surface area contributed by atoms with Crippen molar-refractivity contribution in [3.05, 3.63) is 18.5 Å². The van der Waals surface area contributed by atoms with Gasteiger partial charge >= 0.3 is 0 Å². The molecule has 1 unspecified atom stereocenters. The molecule has 1 fully saturated rings. The second kappa shape index (κ2) is 3.75. The van der Waals surface area contributed by atoms with Crippen molar-refractivity contribution in [2.75, 3.05) is 18.0 Å². The normalized spacial score (nSPS) is 20.8. The van der Waals surface area contributed by atoms with Crippen LogP contribution in [0.5, 0.6) is 0 Å². The van der Waals surface area contributed by atoms with E-state index in [2.05, 4.69) is 15.0 Å². The first-order chi connectivity index (χ1) is 7.88. The van der Waals surface area contributed by atoms with Crippen LogP contribution in [0.25, 0.3) is 11.0 Å².